The maximum atomic E-state index is 5.80. The van der Waals surface area contributed by atoms with Crippen LogP contribution in [0.2, 0.25) is 0 Å². The molecule has 0 atom stereocenters. The van der Waals surface area contributed by atoms with Crippen LogP contribution in [0, 0.1) is 27.7 Å². The normalized spacial score (nSPS) is 10.9. The molecule has 1 heterocycles. The first-order valence-corrected chi connectivity index (χ1v) is 5.86. The van der Waals surface area contributed by atoms with Crippen molar-refractivity contribution in [1.29, 1.82) is 0 Å². The number of benzene rings is 1. The highest BCUT2D eigenvalue weighted by molar-refractivity contribution is 5.71. The van der Waals surface area contributed by atoms with Crippen molar-refractivity contribution in [2.45, 2.75) is 34.2 Å². The number of nitrogens with two attached hydrogens (primary N) is 1. The average Bonchev–Trinajstić information content (AvgIpc) is 2.58. The standard InChI is InChI=1S/C14H19N3/c1-8-5-9(2)13(10(3)6-8)14-12(7-15)11(4)16-17-14/h5-6H,7,15H2,1-4H3,(H,16,17). The Kier molecular flexibility index (Phi) is 3.03. The van der Waals surface area contributed by atoms with Crippen LogP contribution >= 0.6 is 0 Å². The lowest BCUT2D eigenvalue weighted by atomic mass is 9.95. The maximum absolute atomic E-state index is 5.80. The molecule has 1 aromatic carbocycles. The van der Waals surface area contributed by atoms with Crippen LogP contribution < -0.4 is 5.73 Å². The summed E-state index contributed by atoms with van der Waals surface area (Å²) in [6, 6.07) is 4.37. The number of aromatic amines is 1. The van der Waals surface area contributed by atoms with Gasteiger partial charge in [0.1, 0.15) is 0 Å². The topological polar surface area (TPSA) is 54.7 Å². The first-order valence-electron chi connectivity index (χ1n) is 5.86. The van der Waals surface area contributed by atoms with Crippen LogP contribution in [0.15, 0.2) is 12.1 Å². The van der Waals surface area contributed by atoms with Crippen molar-refractivity contribution in [2.24, 2.45) is 5.73 Å². The second-order valence-corrected chi connectivity index (χ2v) is 4.65. The van der Waals surface area contributed by atoms with E-state index in [0.717, 1.165) is 17.0 Å². The summed E-state index contributed by atoms with van der Waals surface area (Å²) < 4.78 is 0. The number of hydrogen-bond acceptors (Lipinski definition) is 2. The van der Waals surface area contributed by atoms with Gasteiger partial charge in [-0.3, -0.25) is 5.10 Å². The van der Waals surface area contributed by atoms with Gasteiger partial charge in [-0.15, -0.1) is 0 Å². The molecule has 3 N–H and O–H groups in total. The van der Waals surface area contributed by atoms with Gasteiger partial charge in [-0.25, -0.2) is 0 Å². The molecule has 3 nitrogen and oxygen atoms in total. The summed E-state index contributed by atoms with van der Waals surface area (Å²) >= 11 is 0. The minimum Gasteiger partial charge on any atom is -0.326 e. The van der Waals surface area contributed by atoms with Gasteiger partial charge < -0.3 is 5.73 Å². The molecule has 3 heteroatoms. The third-order valence-electron chi connectivity index (χ3n) is 3.19. The molecule has 1 aromatic heterocycles. The number of rotatable bonds is 2. The molecule has 0 radical (unpaired) electrons. The van der Waals surface area contributed by atoms with E-state index in [9.17, 15) is 0 Å². The second-order valence-electron chi connectivity index (χ2n) is 4.65. The number of nitrogens with zero attached hydrogens (tertiary/aromatic N) is 1. The number of aryl methyl sites for hydroxylation is 4. The fourth-order valence-corrected chi connectivity index (χ4v) is 2.46. The van der Waals surface area contributed by atoms with E-state index in [1.165, 1.54) is 22.3 Å². The van der Waals surface area contributed by atoms with E-state index in [1.54, 1.807) is 0 Å². The highest BCUT2D eigenvalue weighted by Crippen LogP contribution is 2.30. The smallest absolute Gasteiger partial charge is 0.0973 e. The lowest BCUT2D eigenvalue weighted by molar-refractivity contribution is 1.02. The van der Waals surface area contributed by atoms with E-state index >= 15 is 0 Å². The molecule has 2 aromatic rings. The van der Waals surface area contributed by atoms with Gasteiger partial charge >= 0.3 is 0 Å². The zero-order valence-corrected chi connectivity index (χ0v) is 10.9. The summed E-state index contributed by atoms with van der Waals surface area (Å²) in [6.45, 7) is 8.89. The Bertz CT molecular complexity index is 530. The molecule has 0 unspecified atom stereocenters. The van der Waals surface area contributed by atoms with Crippen molar-refractivity contribution < 1.29 is 0 Å². The molecule has 0 spiro atoms. The molecule has 0 saturated heterocycles. The Hall–Kier alpha value is -1.61. The molecule has 0 aliphatic rings. The Morgan fingerprint density at radius 2 is 1.71 bits per heavy atom. The van der Waals surface area contributed by atoms with Crippen molar-refractivity contribution in [2.75, 3.05) is 0 Å². The first-order chi connectivity index (χ1) is 8.04. The van der Waals surface area contributed by atoms with Crippen LogP contribution in [-0.4, -0.2) is 10.2 Å². The molecule has 17 heavy (non-hydrogen) atoms. The summed E-state index contributed by atoms with van der Waals surface area (Å²) in [5, 5.41) is 7.43. The molecular formula is C14H19N3. The summed E-state index contributed by atoms with van der Waals surface area (Å²) in [6.07, 6.45) is 0. The van der Waals surface area contributed by atoms with Gasteiger partial charge in [-0.05, 0) is 38.8 Å². The van der Waals surface area contributed by atoms with Crippen molar-refractivity contribution >= 4 is 0 Å². The first kappa shape index (κ1) is 11.9. The van der Waals surface area contributed by atoms with Crippen molar-refractivity contribution in [1.82, 2.24) is 10.2 Å². The molecule has 0 aliphatic heterocycles. The molecule has 90 valence electrons. The summed E-state index contributed by atoms with van der Waals surface area (Å²) in [5.41, 5.74) is 14.0. The van der Waals surface area contributed by atoms with E-state index in [1.807, 2.05) is 6.92 Å². The van der Waals surface area contributed by atoms with Gasteiger partial charge in [-0.2, -0.15) is 5.10 Å². The zero-order valence-electron chi connectivity index (χ0n) is 10.9. The summed E-state index contributed by atoms with van der Waals surface area (Å²) in [5.74, 6) is 0. The predicted octanol–water partition coefficient (Wildman–Crippen LogP) is 2.77. The Balaban J connectivity index is 2.68. The molecule has 2 rings (SSSR count). The molecule has 0 fully saturated rings. The van der Waals surface area contributed by atoms with Crippen LogP contribution in [0.1, 0.15) is 27.9 Å². The van der Waals surface area contributed by atoms with Crippen molar-refractivity contribution in [3.05, 3.63) is 40.1 Å². The number of hydrogen-bond donors (Lipinski definition) is 2. The third-order valence-corrected chi connectivity index (χ3v) is 3.19. The van der Waals surface area contributed by atoms with Crippen LogP contribution in [-0.2, 0) is 6.54 Å². The quantitative estimate of drug-likeness (QED) is 0.832. The van der Waals surface area contributed by atoms with E-state index in [4.69, 9.17) is 5.73 Å². The molecule has 0 bridgehead atoms. The molecule has 0 saturated carbocycles. The van der Waals surface area contributed by atoms with E-state index < -0.39 is 0 Å². The van der Waals surface area contributed by atoms with Gasteiger partial charge in [0.2, 0.25) is 0 Å². The monoisotopic (exact) mass is 229 g/mol. The lowest BCUT2D eigenvalue weighted by Gasteiger charge is -2.10. The van der Waals surface area contributed by atoms with E-state index in [2.05, 4.69) is 43.1 Å². The van der Waals surface area contributed by atoms with E-state index in [0.29, 0.717) is 6.54 Å². The zero-order chi connectivity index (χ0) is 12.6. The van der Waals surface area contributed by atoms with E-state index in [-0.39, 0.29) is 0 Å². The highest BCUT2D eigenvalue weighted by Gasteiger charge is 2.15. The van der Waals surface area contributed by atoms with Crippen LogP contribution in [0.25, 0.3) is 11.3 Å². The van der Waals surface area contributed by atoms with Crippen molar-refractivity contribution in [3.63, 3.8) is 0 Å². The Morgan fingerprint density at radius 1 is 1.12 bits per heavy atom. The van der Waals surface area contributed by atoms with Crippen LogP contribution in [0.5, 0.6) is 0 Å². The molecular weight excluding hydrogens is 210 g/mol. The number of nitrogens with one attached hydrogen (secondary N) is 1. The summed E-state index contributed by atoms with van der Waals surface area (Å²) in [7, 11) is 0. The fraction of sp³-hybridized carbons (Fsp3) is 0.357. The SMILES string of the molecule is Cc1cc(C)c(-c2n[nH]c(C)c2CN)c(C)c1. The maximum Gasteiger partial charge on any atom is 0.0973 e. The fourth-order valence-electron chi connectivity index (χ4n) is 2.46. The third kappa shape index (κ3) is 1.98. The van der Waals surface area contributed by atoms with Crippen LogP contribution in [0.4, 0.5) is 0 Å². The Labute approximate surface area is 102 Å². The van der Waals surface area contributed by atoms with Gasteiger partial charge in [0.25, 0.3) is 0 Å². The van der Waals surface area contributed by atoms with Crippen molar-refractivity contribution in [3.8, 4) is 11.3 Å². The minimum absolute atomic E-state index is 0.518. The Morgan fingerprint density at radius 3 is 2.24 bits per heavy atom. The largest absolute Gasteiger partial charge is 0.326 e. The van der Waals surface area contributed by atoms with Gasteiger partial charge in [-0.1, -0.05) is 17.7 Å². The highest BCUT2D eigenvalue weighted by atomic mass is 15.1. The minimum atomic E-state index is 0.518. The lowest BCUT2D eigenvalue weighted by Crippen LogP contribution is -2.00. The average molecular weight is 229 g/mol. The number of aromatic nitrogens is 2. The molecule has 0 amide bonds. The predicted molar refractivity (Wildman–Crippen MR) is 70.9 cm³/mol. The molecule has 0 aliphatic carbocycles. The van der Waals surface area contributed by atoms with Gasteiger partial charge in [0.15, 0.2) is 0 Å². The van der Waals surface area contributed by atoms with Crippen LogP contribution in [0.3, 0.4) is 0 Å². The van der Waals surface area contributed by atoms with Gasteiger partial charge in [0.05, 0.1) is 5.69 Å². The summed E-state index contributed by atoms with van der Waals surface area (Å²) in [4.78, 5) is 0. The second kappa shape index (κ2) is 4.34. The number of H-pyrrole nitrogens is 1. The van der Waals surface area contributed by atoms with Gasteiger partial charge in [0, 0.05) is 23.4 Å².